The van der Waals surface area contributed by atoms with Gasteiger partial charge in [-0.1, -0.05) is 26.2 Å². The number of unbranched alkanes of at least 4 members (excludes halogenated alkanes) is 3. The second-order valence-electron chi connectivity index (χ2n) is 3.63. The van der Waals surface area contributed by atoms with Crippen molar-refractivity contribution in [2.24, 2.45) is 0 Å². The van der Waals surface area contributed by atoms with Crippen LogP contribution in [0.25, 0.3) is 0 Å². The average Bonchev–Trinajstić information content (AvgIpc) is 2.02. The van der Waals surface area contributed by atoms with E-state index in [2.05, 4.69) is 21.0 Å². The smallest absolute Gasteiger partial charge is 0.100 e. The molecule has 0 bridgehead atoms. The quantitative estimate of drug-likeness (QED) is 0.536. The van der Waals surface area contributed by atoms with E-state index in [0.29, 0.717) is 0 Å². The molecule has 0 aliphatic carbocycles. The summed E-state index contributed by atoms with van der Waals surface area (Å²) < 4.78 is 5.47. The summed E-state index contributed by atoms with van der Waals surface area (Å²) in [6.07, 6.45) is 5.21. The maximum Gasteiger partial charge on any atom is 0.100 e. The standard InChI is InChI=1S/C10H23NO/c1-4-5-6-7-9-12-10-8-11(2)3/h4-10H2,1-3H3/p+1. The number of ether oxygens (including phenoxy) is 1. The zero-order valence-corrected chi connectivity index (χ0v) is 8.86. The van der Waals surface area contributed by atoms with Crippen LogP contribution in [0, 0.1) is 0 Å². The van der Waals surface area contributed by atoms with Crippen molar-refractivity contribution in [2.75, 3.05) is 33.9 Å². The van der Waals surface area contributed by atoms with E-state index >= 15 is 0 Å². The maximum absolute atomic E-state index is 5.47. The summed E-state index contributed by atoms with van der Waals surface area (Å²) in [4.78, 5) is 1.46. The van der Waals surface area contributed by atoms with Gasteiger partial charge in [-0.25, -0.2) is 0 Å². The van der Waals surface area contributed by atoms with Gasteiger partial charge < -0.3 is 9.64 Å². The van der Waals surface area contributed by atoms with Crippen LogP contribution >= 0.6 is 0 Å². The molecule has 0 aliphatic rings. The van der Waals surface area contributed by atoms with E-state index in [0.717, 1.165) is 19.8 Å². The van der Waals surface area contributed by atoms with Crippen molar-refractivity contribution in [1.82, 2.24) is 0 Å². The molecular weight excluding hydrogens is 150 g/mol. The molecular formula is C10H24NO+. The molecule has 0 heterocycles. The lowest BCUT2D eigenvalue weighted by Crippen LogP contribution is -3.06. The first-order valence-corrected chi connectivity index (χ1v) is 5.14. The lowest BCUT2D eigenvalue weighted by atomic mass is 10.2. The van der Waals surface area contributed by atoms with Gasteiger partial charge in [0.1, 0.15) is 6.54 Å². The molecule has 0 atom stereocenters. The molecule has 0 rings (SSSR count). The monoisotopic (exact) mass is 174 g/mol. The Morgan fingerprint density at radius 3 is 2.33 bits per heavy atom. The molecule has 2 nitrogen and oxygen atoms in total. The van der Waals surface area contributed by atoms with E-state index in [-0.39, 0.29) is 0 Å². The minimum absolute atomic E-state index is 0.911. The first-order chi connectivity index (χ1) is 5.77. The van der Waals surface area contributed by atoms with Gasteiger partial charge >= 0.3 is 0 Å². The Balaban J connectivity index is 2.82. The second kappa shape index (κ2) is 9.01. The zero-order chi connectivity index (χ0) is 9.23. The molecule has 0 saturated heterocycles. The van der Waals surface area contributed by atoms with E-state index in [1.807, 2.05) is 0 Å². The Morgan fingerprint density at radius 1 is 1.00 bits per heavy atom. The van der Waals surface area contributed by atoms with Gasteiger partial charge in [0.2, 0.25) is 0 Å². The first-order valence-electron chi connectivity index (χ1n) is 5.14. The summed E-state index contributed by atoms with van der Waals surface area (Å²) in [5.74, 6) is 0. The molecule has 0 unspecified atom stereocenters. The Hall–Kier alpha value is -0.0800. The van der Waals surface area contributed by atoms with Gasteiger partial charge in [0.25, 0.3) is 0 Å². The summed E-state index contributed by atoms with van der Waals surface area (Å²) >= 11 is 0. The number of hydrogen-bond donors (Lipinski definition) is 1. The molecule has 0 fully saturated rings. The lowest BCUT2D eigenvalue weighted by Gasteiger charge is -2.07. The largest absolute Gasteiger partial charge is 0.376 e. The van der Waals surface area contributed by atoms with Crippen LogP contribution < -0.4 is 4.90 Å². The first kappa shape index (κ1) is 11.9. The van der Waals surface area contributed by atoms with Crippen molar-refractivity contribution in [3.63, 3.8) is 0 Å². The summed E-state index contributed by atoms with van der Waals surface area (Å²) in [6, 6.07) is 0. The van der Waals surface area contributed by atoms with Gasteiger partial charge in [-0.2, -0.15) is 0 Å². The third-order valence-corrected chi connectivity index (χ3v) is 1.89. The normalized spacial score (nSPS) is 11.0. The van der Waals surface area contributed by atoms with Gasteiger partial charge in [0, 0.05) is 6.61 Å². The highest BCUT2D eigenvalue weighted by Gasteiger charge is 1.93. The number of hydrogen-bond acceptors (Lipinski definition) is 1. The summed E-state index contributed by atoms with van der Waals surface area (Å²) in [6.45, 7) is 5.21. The highest BCUT2D eigenvalue weighted by atomic mass is 16.5. The molecule has 74 valence electrons. The van der Waals surface area contributed by atoms with Crippen molar-refractivity contribution in [3.8, 4) is 0 Å². The Labute approximate surface area is 76.9 Å². The fourth-order valence-corrected chi connectivity index (χ4v) is 1.01. The fourth-order valence-electron chi connectivity index (χ4n) is 1.01. The zero-order valence-electron chi connectivity index (χ0n) is 8.86. The van der Waals surface area contributed by atoms with Crippen LogP contribution in [0.15, 0.2) is 0 Å². The highest BCUT2D eigenvalue weighted by Crippen LogP contribution is 1.98. The molecule has 1 N–H and O–H groups in total. The predicted molar refractivity (Wildman–Crippen MR) is 52.6 cm³/mol. The van der Waals surface area contributed by atoms with Crippen LogP contribution in [0.1, 0.15) is 32.6 Å². The van der Waals surface area contributed by atoms with Crippen LogP contribution in [0.2, 0.25) is 0 Å². The van der Waals surface area contributed by atoms with Crippen LogP contribution in [0.3, 0.4) is 0 Å². The summed E-state index contributed by atoms with van der Waals surface area (Å²) in [7, 11) is 4.31. The molecule has 0 aromatic heterocycles. The van der Waals surface area contributed by atoms with Gasteiger partial charge in [0.15, 0.2) is 0 Å². The van der Waals surface area contributed by atoms with Gasteiger partial charge in [-0.15, -0.1) is 0 Å². The predicted octanol–water partition coefficient (Wildman–Crippen LogP) is 0.728. The Bertz CT molecular complexity index is 83.9. The molecule has 0 radical (unpaired) electrons. The SMILES string of the molecule is CCCCCCOCC[NH+](C)C. The lowest BCUT2D eigenvalue weighted by molar-refractivity contribution is -0.858. The number of nitrogens with one attached hydrogen (secondary N) is 1. The third kappa shape index (κ3) is 9.92. The van der Waals surface area contributed by atoms with E-state index in [1.165, 1.54) is 30.6 Å². The average molecular weight is 174 g/mol. The van der Waals surface area contributed by atoms with E-state index in [1.54, 1.807) is 0 Å². The number of rotatable bonds is 8. The van der Waals surface area contributed by atoms with Crippen molar-refractivity contribution >= 4 is 0 Å². The molecule has 0 aromatic carbocycles. The molecule has 0 aromatic rings. The van der Waals surface area contributed by atoms with Crippen molar-refractivity contribution in [1.29, 1.82) is 0 Å². The minimum Gasteiger partial charge on any atom is -0.376 e. The summed E-state index contributed by atoms with van der Waals surface area (Å²) in [5, 5.41) is 0. The van der Waals surface area contributed by atoms with Crippen LogP contribution in [-0.4, -0.2) is 33.9 Å². The van der Waals surface area contributed by atoms with Crippen LogP contribution in [0.4, 0.5) is 0 Å². The number of likely N-dealkylation sites (N-methyl/N-ethyl adjacent to an activating group) is 1. The summed E-state index contributed by atoms with van der Waals surface area (Å²) in [5.41, 5.74) is 0. The van der Waals surface area contributed by atoms with Crippen molar-refractivity contribution in [2.45, 2.75) is 32.6 Å². The maximum atomic E-state index is 5.47. The second-order valence-corrected chi connectivity index (χ2v) is 3.63. The molecule has 0 aliphatic heterocycles. The van der Waals surface area contributed by atoms with Crippen LogP contribution in [-0.2, 0) is 4.74 Å². The van der Waals surface area contributed by atoms with Gasteiger partial charge in [0.05, 0.1) is 20.7 Å². The minimum atomic E-state index is 0.911. The van der Waals surface area contributed by atoms with Crippen molar-refractivity contribution in [3.05, 3.63) is 0 Å². The van der Waals surface area contributed by atoms with E-state index < -0.39 is 0 Å². The molecule has 0 saturated carbocycles. The highest BCUT2D eigenvalue weighted by molar-refractivity contribution is 4.38. The third-order valence-electron chi connectivity index (χ3n) is 1.89. The van der Waals surface area contributed by atoms with Crippen molar-refractivity contribution < 1.29 is 9.64 Å². The fraction of sp³-hybridized carbons (Fsp3) is 1.00. The topological polar surface area (TPSA) is 13.7 Å². The molecule has 0 amide bonds. The molecule has 2 heteroatoms. The van der Waals surface area contributed by atoms with E-state index in [4.69, 9.17) is 4.74 Å². The van der Waals surface area contributed by atoms with Crippen LogP contribution in [0.5, 0.6) is 0 Å². The Kier molecular flexibility index (Phi) is 8.95. The van der Waals surface area contributed by atoms with Gasteiger partial charge in [-0.3, -0.25) is 0 Å². The van der Waals surface area contributed by atoms with Gasteiger partial charge in [-0.05, 0) is 6.42 Å². The molecule has 0 spiro atoms. The molecule has 12 heavy (non-hydrogen) atoms. The Morgan fingerprint density at radius 2 is 1.75 bits per heavy atom. The number of quaternary nitrogens is 1. The van der Waals surface area contributed by atoms with E-state index in [9.17, 15) is 0 Å².